The monoisotopic (exact) mass is 286 g/mol. The highest BCUT2D eigenvalue weighted by atomic mass is 16.5. The predicted molar refractivity (Wildman–Crippen MR) is 80.8 cm³/mol. The molecular formula is C17H22N2O2. The van der Waals surface area contributed by atoms with Crippen molar-refractivity contribution in [2.24, 2.45) is 7.05 Å². The summed E-state index contributed by atoms with van der Waals surface area (Å²) in [7, 11) is 1.93. The number of aromatic nitrogens is 2. The minimum atomic E-state index is -0.352. The van der Waals surface area contributed by atoms with Gasteiger partial charge in [-0.2, -0.15) is 5.10 Å². The van der Waals surface area contributed by atoms with E-state index in [-0.39, 0.29) is 18.1 Å². The molecule has 3 rings (SSSR count). The average Bonchev–Trinajstić information content (AvgIpc) is 2.92. The summed E-state index contributed by atoms with van der Waals surface area (Å²) in [5.74, 6) is 0.175. The van der Waals surface area contributed by atoms with Crippen molar-refractivity contribution in [1.82, 2.24) is 9.78 Å². The van der Waals surface area contributed by atoms with Crippen LogP contribution in [0.3, 0.4) is 0 Å². The van der Waals surface area contributed by atoms with Crippen LogP contribution in [0.1, 0.15) is 36.4 Å². The van der Waals surface area contributed by atoms with Crippen molar-refractivity contribution in [3.05, 3.63) is 53.9 Å². The molecule has 1 saturated carbocycles. The fourth-order valence-corrected chi connectivity index (χ4v) is 3.14. The van der Waals surface area contributed by atoms with Crippen LogP contribution in [0.15, 0.2) is 42.6 Å². The highest BCUT2D eigenvalue weighted by Gasteiger charge is 2.32. The average molecular weight is 286 g/mol. The smallest absolute Gasteiger partial charge is 0.0720 e. The molecule has 0 spiro atoms. The van der Waals surface area contributed by atoms with Gasteiger partial charge in [0.1, 0.15) is 0 Å². The zero-order valence-electron chi connectivity index (χ0n) is 12.4. The van der Waals surface area contributed by atoms with Gasteiger partial charge >= 0.3 is 0 Å². The largest absolute Gasteiger partial charge is 0.392 e. The third-order valence-corrected chi connectivity index (χ3v) is 4.34. The number of aliphatic hydroxyl groups excluding tert-OH is 1. The fraction of sp³-hybridized carbons (Fsp3) is 0.471. The van der Waals surface area contributed by atoms with E-state index in [0.717, 1.165) is 18.5 Å². The number of hydrogen-bond acceptors (Lipinski definition) is 3. The summed E-state index contributed by atoms with van der Waals surface area (Å²) in [6, 6.07) is 12.2. The fourth-order valence-electron chi connectivity index (χ4n) is 3.14. The van der Waals surface area contributed by atoms with Gasteiger partial charge in [0.05, 0.1) is 18.8 Å². The molecule has 4 nitrogen and oxygen atoms in total. The van der Waals surface area contributed by atoms with E-state index in [1.54, 1.807) is 6.20 Å². The highest BCUT2D eigenvalue weighted by Crippen LogP contribution is 2.34. The summed E-state index contributed by atoms with van der Waals surface area (Å²) in [4.78, 5) is 0. The van der Waals surface area contributed by atoms with Crippen LogP contribution in [0.25, 0.3) is 0 Å². The molecule has 1 aromatic heterocycles. The van der Waals surface area contributed by atoms with E-state index >= 15 is 0 Å². The maximum Gasteiger partial charge on any atom is 0.0720 e. The summed E-state index contributed by atoms with van der Waals surface area (Å²) in [6.45, 7) is 0.620. The Morgan fingerprint density at radius 1 is 1.24 bits per heavy atom. The van der Waals surface area contributed by atoms with Crippen LogP contribution in [0.2, 0.25) is 0 Å². The maximum absolute atomic E-state index is 10.4. The van der Waals surface area contributed by atoms with Crippen molar-refractivity contribution >= 4 is 0 Å². The van der Waals surface area contributed by atoms with Crippen LogP contribution in [0.5, 0.6) is 0 Å². The van der Waals surface area contributed by atoms with Crippen LogP contribution in [-0.4, -0.2) is 27.1 Å². The van der Waals surface area contributed by atoms with Crippen LogP contribution in [0.4, 0.5) is 0 Å². The van der Waals surface area contributed by atoms with Gasteiger partial charge in [-0.1, -0.05) is 30.3 Å². The van der Waals surface area contributed by atoms with Crippen molar-refractivity contribution < 1.29 is 9.84 Å². The van der Waals surface area contributed by atoms with Crippen molar-refractivity contribution in [1.29, 1.82) is 0 Å². The molecule has 1 aromatic carbocycles. The van der Waals surface area contributed by atoms with E-state index in [4.69, 9.17) is 4.74 Å². The van der Waals surface area contributed by atoms with Crippen molar-refractivity contribution in [2.45, 2.75) is 44.0 Å². The summed E-state index contributed by atoms with van der Waals surface area (Å²) in [5.41, 5.74) is 2.30. The second-order valence-corrected chi connectivity index (χ2v) is 5.79. The van der Waals surface area contributed by atoms with Crippen LogP contribution < -0.4 is 0 Å². The van der Waals surface area contributed by atoms with E-state index in [0.29, 0.717) is 13.0 Å². The van der Waals surface area contributed by atoms with Crippen LogP contribution in [0, 0.1) is 0 Å². The van der Waals surface area contributed by atoms with Gasteiger partial charge in [0.15, 0.2) is 0 Å². The van der Waals surface area contributed by atoms with Crippen molar-refractivity contribution in [3.8, 4) is 0 Å². The summed E-state index contributed by atoms with van der Waals surface area (Å²) < 4.78 is 7.81. The molecule has 3 atom stereocenters. The minimum Gasteiger partial charge on any atom is -0.392 e. The number of aryl methyl sites for hydroxylation is 1. The van der Waals surface area contributed by atoms with E-state index in [1.807, 2.05) is 36.0 Å². The van der Waals surface area contributed by atoms with Crippen molar-refractivity contribution in [2.75, 3.05) is 0 Å². The third kappa shape index (κ3) is 3.34. The number of benzene rings is 1. The number of rotatable bonds is 4. The van der Waals surface area contributed by atoms with Gasteiger partial charge < -0.3 is 9.84 Å². The predicted octanol–water partition coefficient (Wildman–Crippen LogP) is 2.63. The van der Waals surface area contributed by atoms with Crippen molar-refractivity contribution in [3.63, 3.8) is 0 Å². The second-order valence-electron chi connectivity index (χ2n) is 5.79. The van der Waals surface area contributed by atoms with Gasteiger partial charge in [-0.3, -0.25) is 4.68 Å². The van der Waals surface area contributed by atoms with Gasteiger partial charge in [-0.05, 0) is 24.5 Å². The van der Waals surface area contributed by atoms with Crippen LogP contribution >= 0.6 is 0 Å². The summed E-state index contributed by atoms with van der Waals surface area (Å²) in [5, 5.41) is 14.6. The molecule has 0 amide bonds. The molecular weight excluding hydrogens is 264 g/mol. The first kappa shape index (κ1) is 14.3. The molecule has 1 N–H and O–H groups in total. The van der Waals surface area contributed by atoms with Gasteiger partial charge in [0, 0.05) is 31.3 Å². The maximum atomic E-state index is 10.4. The first-order valence-corrected chi connectivity index (χ1v) is 7.55. The van der Waals surface area contributed by atoms with Gasteiger partial charge in [0.25, 0.3) is 0 Å². The lowest BCUT2D eigenvalue weighted by Crippen LogP contribution is -2.33. The van der Waals surface area contributed by atoms with Gasteiger partial charge in [-0.25, -0.2) is 0 Å². The topological polar surface area (TPSA) is 47.3 Å². The normalized spacial score (nSPS) is 25.9. The van der Waals surface area contributed by atoms with E-state index in [9.17, 15) is 5.11 Å². The van der Waals surface area contributed by atoms with Gasteiger partial charge in [0.2, 0.25) is 0 Å². The molecule has 21 heavy (non-hydrogen) atoms. The molecule has 1 aliphatic rings. The molecule has 3 unspecified atom stereocenters. The Morgan fingerprint density at radius 2 is 2.05 bits per heavy atom. The molecule has 1 fully saturated rings. The zero-order chi connectivity index (χ0) is 14.7. The number of aliphatic hydroxyl groups is 1. The number of nitrogens with zero attached hydrogens (tertiary/aromatic N) is 2. The van der Waals surface area contributed by atoms with E-state index in [2.05, 4.69) is 17.2 Å². The lowest BCUT2D eigenvalue weighted by Gasteiger charge is -2.33. The standard InChI is InChI=1S/C17H22N2O2/c1-19-16(9-10-18-19)15-8-7-14(11-17(15)20)21-12-13-5-3-2-4-6-13/h2-6,9-10,14-15,17,20H,7-8,11-12H2,1H3. The molecule has 1 heterocycles. The van der Waals surface area contributed by atoms with E-state index in [1.165, 1.54) is 5.56 Å². The Balaban J connectivity index is 1.55. The minimum absolute atomic E-state index is 0.143. The molecule has 112 valence electrons. The van der Waals surface area contributed by atoms with Crippen LogP contribution in [-0.2, 0) is 18.4 Å². The first-order chi connectivity index (χ1) is 10.2. The number of ether oxygens (including phenoxy) is 1. The summed E-state index contributed by atoms with van der Waals surface area (Å²) >= 11 is 0. The molecule has 1 aliphatic carbocycles. The molecule has 0 bridgehead atoms. The Morgan fingerprint density at radius 3 is 2.71 bits per heavy atom. The summed E-state index contributed by atoms with van der Waals surface area (Å²) in [6.07, 6.45) is 4.21. The highest BCUT2D eigenvalue weighted by molar-refractivity contribution is 5.14. The van der Waals surface area contributed by atoms with E-state index < -0.39 is 0 Å². The number of hydrogen-bond donors (Lipinski definition) is 1. The first-order valence-electron chi connectivity index (χ1n) is 7.55. The molecule has 0 saturated heterocycles. The lowest BCUT2D eigenvalue weighted by molar-refractivity contribution is -0.0323. The lowest BCUT2D eigenvalue weighted by atomic mass is 9.82. The zero-order valence-corrected chi connectivity index (χ0v) is 12.4. The quantitative estimate of drug-likeness (QED) is 0.940. The second kappa shape index (κ2) is 6.41. The molecule has 2 aromatic rings. The Bertz CT molecular complexity index is 567. The van der Waals surface area contributed by atoms with Gasteiger partial charge in [-0.15, -0.1) is 0 Å². The molecule has 4 heteroatoms. The molecule has 0 aliphatic heterocycles. The Hall–Kier alpha value is -1.65. The third-order valence-electron chi connectivity index (χ3n) is 4.34. The SMILES string of the molecule is Cn1nccc1C1CCC(OCc2ccccc2)CC1O. The molecule has 0 radical (unpaired) electrons. The Labute approximate surface area is 125 Å². The Kier molecular flexibility index (Phi) is 4.36.